The number of barbiturate groups is 1. The van der Waals surface area contributed by atoms with Gasteiger partial charge in [-0.3, -0.25) is 14.9 Å². The Morgan fingerprint density at radius 3 is 1.93 bits per heavy atom. The van der Waals surface area contributed by atoms with Gasteiger partial charge in [-0.05, 0) is 86.9 Å². The predicted octanol–water partition coefficient (Wildman–Crippen LogP) is 7.01. The van der Waals surface area contributed by atoms with E-state index in [9.17, 15) is 14.4 Å². The number of halogens is 1. The summed E-state index contributed by atoms with van der Waals surface area (Å²) in [6, 6.07) is 27.3. The second-order valence-corrected chi connectivity index (χ2v) is 12.5. The minimum absolute atomic E-state index is 0.0874. The largest absolute Gasteiger partial charge is 0.493 e. The highest BCUT2D eigenvalue weighted by Crippen LogP contribution is 2.50. The third-order valence-electron chi connectivity index (χ3n) is 9.13. The van der Waals surface area contributed by atoms with E-state index >= 15 is 0 Å². The number of amides is 4. The molecule has 0 saturated carbocycles. The van der Waals surface area contributed by atoms with E-state index in [2.05, 4.69) is 50.4 Å². The lowest BCUT2D eigenvalue weighted by molar-refractivity contribution is -0.122. The Morgan fingerprint density at radius 2 is 1.39 bits per heavy atom. The summed E-state index contributed by atoms with van der Waals surface area (Å²) in [4.78, 5) is 44.3. The molecule has 1 N–H and O–H groups in total. The van der Waals surface area contributed by atoms with E-state index < -0.39 is 17.8 Å². The summed E-state index contributed by atoms with van der Waals surface area (Å²) in [5.41, 5.74) is 6.52. The molecule has 4 aromatic carbocycles. The molecule has 7 rings (SSSR count). The molecule has 1 fully saturated rings. The molecule has 4 amide bonds. The van der Waals surface area contributed by atoms with Crippen molar-refractivity contribution in [1.29, 1.82) is 0 Å². The van der Waals surface area contributed by atoms with Gasteiger partial charge in [0.2, 0.25) is 0 Å². The average molecular weight is 679 g/mol. The number of anilines is 2. The van der Waals surface area contributed by atoms with E-state index in [1.807, 2.05) is 48.5 Å². The maximum Gasteiger partial charge on any atom is 0.335 e. The highest BCUT2D eigenvalue weighted by atomic mass is 79.9. The van der Waals surface area contributed by atoms with Crippen molar-refractivity contribution < 1.29 is 23.9 Å². The molecule has 9 heteroatoms. The highest BCUT2D eigenvalue weighted by Gasteiger charge is 2.40. The van der Waals surface area contributed by atoms with Crippen molar-refractivity contribution in [2.75, 3.05) is 37.1 Å². The number of urea groups is 1. The molecule has 0 spiro atoms. The number of nitrogens with zero attached hydrogens (tertiary/aromatic N) is 2. The van der Waals surface area contributed by atoms with E-state index in [4.69, 9.17) is 9.47 Å². The standard InChI is InChI=1S/C37H32BrN3O5/c1-45-32-19-22(18-31(38)34(32)46-2)17-30-35(42)39-37(44)41(36(30)43)25-20-28-26(23-9-5-3-6-10-23)13-15-40-16-14-27(29(21-25)33(28)40)24-11-7-4-8-12-24/h3-12,17-21,26-27H,13-16H2,1-2H3,(H,39,42,44)/b30-17+/t26-,27+. The maximum atomic E-state index is 14.2. The number of imide groups is 2. The van der Waals surface area contributed by atoms with E-state index in [1.165, 1.54) is 37.1 Å². The zero-order valence-electron chi connectivity index (χ0n) is 25.5. The molecular weight excluding hydrogens is 646 g/mol. The minimum atomic E-state index is -0.774. The Labute approximate surface area is 275 Å². The molecular formula is C37H32BrN3O5. The Hall–Kier alpha value is -4.89. The lowest BCUT2D eigenvalue weighted by atomic mass is 9.76. The predicted molar refractivity (Wildman–Crippen MR) is 181 cm³/mol. The molecule has 0 radical (unpaired) electrons. The molecule has 3 aliphatic heterocycles. The number of hydrogen-bond acceptors (Lipinski definition) is 6. The Morgan fingerprint density at radius 1 is 0.804 bits per heavy atom. The van der Waals surface area contributed by atoms with Crippen molar-refractivity contribution in [3.63, 3.8) is 0 Å². The van der Waals surface area contributed by atoms with Crippen LogP contribution in [0.5, 0.6) is 11.5 Å². The van der Waals surface area contributed by atoms with E-state index in [1.54, 1.807) is 12.1 Å². The topological polar surface area (TPSA) is 88.2 Å². The van der Waals surface area contributed by atoms with Crippen LogP contribution in [0.4, 0.5) is 16.2 Å². The quantitative estimate of drug-likeness (QED) is 0.175. The Kier molecular flexibility index (Phi) is 7.86. The van der Waals surface area contributed by atoms with Crippen LogP contribution >= 0.6 is 15.9 Å². The van der Waals surface area contributed by atoms with Gasteiger partial charge < -0.3 is 14.4 Å². The van der Waals surface area contributed by atoms with Gasteiger partial charge in [-0.15, -0.1) is 0 Å². The van der Waals surface area contributed by atoms with Crippen molar-refractivity contribution >= 4 is 51.2 Å². The first-order valence-corrected chi connectivity index (χ1v) is 16.0. The number of benzene rings is 4. The molecule has 46 heavy (non-hydrogen) atoms. The van der Waals surface area contributed by atoms with Crippen LogP contribution < -0.4 is 24.6 Å². The van der Waals surface area contributed by atoms with Gasteiger partial charge in [-0.2, -0.15) is 0 Å². The summed E-state index contributed by atoms with van der Waals surface area (Å²) in [5, 5.41) is 2.40. The van der Waals surface area contributed by atoms with E-state index in [0.717, 1.165) is 42.0 Å². The molecule has 3 aliphatic rings. The zero-order chi connectivity index (χ0) is 31.9. The van der Waals surface area contributed by atoms with Crippen molar-refractivity contribution in [3.05, 3.63) is 123 Å². The van der Waals surface area contributed by atoms with Gasteiger partial charge in [0.25, 0.3) is 11.8 Å². The van der Waals surface area contributed by atoms with Crippen LogP contribution in [0.2, 0.25) is 0 Å². The number of rotatable bonds is 6. The Bertz CT molecular complexity index is 1820. The lowest BCUT2D eigenvalue weighted by Crippen LogP contribution is -2.54. The molecule has 0 bridgehead atoms. The van der Waals surface area contributed by atoms with E-state index in [0.29, 0.717) is 27.2 Å². The van der Waals surface area contributed by atoms with Crippen molar-refractivity contribution in [1.82, 2.24) is 5.32 Å². The summed E-state index contributed by atoms with van der Waals surface area (Å²) in [7, 11) is 3.04. The van der Waals surface area contributed by atoms with Crippen LogP contribution in [0.15, 0.2) is 95.0 Å². The molecule has 0 unspecified atom stereocenters. The zero-order valence-corrected chi connectivity index (χ0v) is 27.0. The van der Waals surface area contributed by atoms with Crippen LogP contribution in [0, 0.1) is 0 Å². The summed E-state index contributed by atoms with van der Waals surface area (Å²) in [6.45, 7) is 1.84. The minimum Gasteiger partial charge on any atom is -0.493 e. The SMILES string of the molecule is COc1cc(/C=C2\C(=O)NC(=O)N(c3cc4c5c(c3)[C@H](c3ccccc3)CCN5CC[C@@H]4c3ccccc3)C2=O)cc(Br)c1OC. The molecule has 1 saturated heterocycles. The fourth-order valence-corrected chi connectivity index (χ4v) is 7.67. The molecule has 0 aliphatic carbocycles. The first-order valence-electron chi connectivity index (χ1n) is 15.2. The molecule has 0 aromatic heterocycles. The van der Waals surface area contributed by atoms with Crippen LogP contribution in [0.25, 0.3) is 6.08 Å². The molecule has 3 heterocycles. The van der Waals surface area contributed by atoms with Gasteiger partial charge in [0.15, 0.2) is 11.5 Å². The molecule has 4 aromatic rings. The van der Waals surface area contributed by atoms with Crippen molar-refractivity contribution in [2.45, 2.75) is 24.7 Å². The van der Waals surface area contributed by atoms with Crippen LogP contribution in [0.3, 0.4) is 0 Å². The molecule has 232 valence electrons. The monoisotopic (exact) mass is 677 g/mol. The first-order chi connectivity index (χ1) is 22.4. The molecule has 8 nitrogen and oxygen atoms in total. The third kappa shape index (κ3) is 5.14. The van der Waals surface area contributed by atoms with Crippen LogP contribution in [-0.4, -0.2) is 45.2 Å². The summed E-state index contributed by atoms with van der Waals surface area (Å²) < 4.78 is 11.5. The van der Waals surface area contributed by atoms with Gasteiger partial charge in [-0.1, -0.05) is 60.7 Å². The number of carbonyl (C=O) groups is 3. The number of methoxy groups -OCH3 is 2. The summed E-state index contributed by atoms with van der Waals surface area (Å²) >= 11 is 3.47. The van der Waals surface area contributed by atoms with Crippen LogP contribution in [0.1, 0.15) is 52.5 Å². The fourth-order valence-electron chi connectivity index (χ4n) is 7.05. The van der Waals surface area contributed by atoms with Gasteiger partial charge in [-0.25, -0.2) is 9.69 Å². The van der Waals surface area contributed by atoms with Gasteiger partial charge in [0, 0.05) is 30.6 Å². The van der Waals surface area contributed by atoms with Gasteiger partial charge >= 0.3 is 6.03 Å². The fraction of sp³-hybridized carbons (Fsp3) is 0.216. The number of carbonyl (C=O) groups excluding carboxylic acids is 3. The smallest absolute Gasteiger partial charge is 0.335 e. The summed E-state index contributed by atoms with van der Waals surface area (Å²) in [5.74, 6) is -0.361. The normalized spacial score (nSPS) is 20.0. The lowest BCUT2D eigenvalue weighted by Gasteiger charge is -2.44. The van der Waals surface area contributed by atoms with Crippen molar-refractivity contribution in [2.24, 2.45) is 0 Å². The van der Waals surface area contributed by atoms with E-state index in [-0.39, 0.29) is 17.4 Å². The first kappa shape index (κ1) is 29.8. The van der Waals surface area contributed by atoms with Crippen LogP contribution in [-0.2, 0) is 9.59 Å². The third-order valence-corrected chi connectivity index (χ3v) is 9.72. The van der Waals surface area contributed by atoms with Crippen molar-refractivity contribution in [3.8, 4) is 11.5 Å². The maximum absolute atomic E-state index is 14.2. The number of ether oxygens (including phenoxy) is 2. The second kappa shape index (κ2) is 12.1. The van der Waals surface area contributed by atoms with Gasteiger partial charge in [0.05, 0.1) is 24.4 Å². The average Bonchev–Trinajstić information content (AvgIpc) is 3.07. The highest BCUT2D eigenvalue weighted by molar-refractivity contribution is 9.10. The molecule has 2 atom stereocenters. The Balaban J connectivity index is 1.38. The number of nitrogens with one attached hydrogen (secondary N) is 1. The summed E-state index contributed by atoms with van der Waals surface area (Å²) in [6.07, 6.45) is 3.29. The second-order valence-electron chi connectivity index (χ2n) is 11.7. The number of hydrogen-bond donors (Lipinski definition) is 1. The van der Waals surface area contributed by atoms with Gasteiger partial charge in [0.1, 0.15) is 5.57 Å².